The molecule has 0 aliphatic heterocycles. The van der Waals surface area contributed by atoms with E-state index in [2.05, 4.69) is 5.48 Å². The first-order chi connectivity index (χ1) is 8.88. The van der Waals surface area contributed by atoms with Gasteiger partial charge in [-0.1, -0.05) is 48.5 Å². The van der Waals surface area contributed by atoms with Crippen molar-refractivity contribution < 1.29 is 9.94 Å². The smallest absolute Gasteiger partial charge is 0.112 e. The molecule has 18 heavy (non-hydrogen) atoms. The first kappa shape index (κ1) is 12.6. The van der Waals surface area contributed by atoms with Crippen molar-refractivity contribution in [3.05, 3.63) is 66.2 Å². The van der Waals surface area contributed by atoms with Gasteiger partial charge in [0.05, 0.1) is 12.3 Å². The maximum Gasteiger partial charge on any atom is 0.112 e. The van der Waals surface area contributed by atoms with E-state index in [-0.39, 0.29) is 12.7 Å². The van der Waals surface area contributed by atoms with Gasteiger partial charge in [0.15, 0.2) is 0 Å². The third-order valence-electron chi connectivity index (χ3n) is 2.63. The lowest BCUT2D eigenvalue weighted by atomic mass is 10.1. The Bertz CT molecular complexity index is 445. The van der Waals surface area contributed by atoms with E-state index in [9.17, 15) is 5.11 Å². The van der Waals surface area contributed by atoms with E-state index in [0.29, 0.717) is 6.42 Å². The number of aliphatic hydroxyl groups is 1. The highest BCUT2D eigenvalue weighted by Gasteiger charge is 2.09. The molecule has 0 aromatic heterocycles. The zero-order valence-electron chi connectivity index (χ0n) is 10.1. The molecule has 0 aliphatic carbocycles. The van der Waals surface area contributed by atoms with Gasteiger partial charge < -0.3 is 5.11 Å². The van der Waals surface area contributed by atoms with Crippen molar-refractivity contribution in [2.45, 2.75) is 12.5 Å². The zero-order chi connectivity index (χ0) is 12.6. The number of nitrogens with one attached hydrogen (secondary N) is 1. The fourth-order valence-corrected chi connectivity index (χ4v) is 1.68. The minimum atomic E-state index is -0.257. The summed E-state index contributed by atoms with van der Waals surface area (Å²) >= 11 is 0. The average molecular weight is 243 g/mol. The van der Waals surface area contributed by atoms with Crippen LogP contribution in [0.2, 0.25) is 0 Å². The van der Waals surface area contributed by atoms with Crippen LogP contribution in [0.25, 0.3) is 0 Å². The maximum absolute atomic E-state index is 9.30. The molecule has 0 fully saturated rings. The minimum absolute atomic E-state index is 0.0191. The van der Waals surface area contributed by atoms with E-state index in [1.165, 1.54) is 0 Å². The molecule has 0 bridgehead atoms. The summed E-state index contributed by atoms with van der Waals surface area (Å²) in [5.41, 5.74) is 4.88. The van der Waals surface area contributed by atoms with Crippen molar-refractivity contribution in [2.75, 3.05) is 12.1 Å². The highest BCUT2D eigenvalue weighted by molar-refractivity contribution is 5.40. The van der Waals surface area contributed by atoms with Gasteiger partial charge in [-0.25, -0.2) is 0 Å². The van der Waals surface area contributed by atoms with Crippen molar-refractivity contribution in [1.82, 2.24) is 0 Å². The second-order valence-corrected chi connectivity index (χ2v) is 4.08. The number of rotatable bonds is 6. The molecule has 2 aromatic carbocycles. The van der Waals surface area contributed by atoms with Gasteiger partial charge in [0.1, 0.15) is 6.10 Å². The van der Waals surface area contributed by atoms with E-state index in [1.54, 1.807) is 0 Å². The Kier molecular flexibility index (Phi) is 4.76. The molecular weight excluding hydrogens is 226 g/mol. The summed E-state index contributed by atoms with van der Waals surface area (Å²) in [7, 11) is 0. The SMILES string of the molecule is OCC(Cc1ccccc1)ONc1ccccc1. The Morgan fingerprint density at radius 3 is 2.17 bits per heavy atom. The Hall–Kier alpha value is -1.84. The van der Waals surface area contributed by atoms with Crippen LogP contribution < -0.4 is 5.48 Å². The normalized spacial score (nSPS) is 12.1. The van der Waals surface area contributed by atoms with Gasteiger partial charge in [-0.3, -0.25) is 10.3 Å². The zero-order valence-corrected chi connectivity index (χ0v) is 10.1. The van der Waals surface area contributed by atoms with Crippen LogP contribution in [0.4, 0.5) is 5.69 Å². The first-order valence-corrected chi connectivity index (χ1v) is 6.00. The Morgan fingerprint density at radius 1 is 0.944 bits per heavy atom. The van der Waals surface area contributed by atoms with Gasteiger partial charge in [-0.2, -0.15) is 0 Å². The highest BCUT2D eigenvalue weighted by atomic mass is 16.7. The summed E-state index contributed by atoms with van der Waals surface area (Å²) in [5, 5.41) is 9.30. The number of benzene rings is 2. The minimum Gasteiger partial charge on any atom is -0.394 e. The molecule has 2 rings (SSSR count). The van der Waals surface area contributed by atoms with Crippen LogP contribution in [-0.2, 0) is 11.3 Å². The number of hydrogen-bond acceptors (Lipinski definition) is 3. The Balaban J connectivity index is 1.86. The van der Waals surface area contributed by atoms with E-state index in [0.717, 1.165) is 11.3 Å². The second kappa shape index (κ2) is 6.79. The Morgan fingerprint density at radius 2 is 1.56 bits per heavy atom. The third-order valence-corrected chi connectivity index (χ3v) is 2.63. The van der Waals surface area contributed by atoms with Crippen LogP contribution in [0, 0.1) is 0 Å². The van der Waals surface area contributed by atoms with Crippen molar-refractivity contribution in [2.24, 2.45) is 0 Å². The van der Waals surface area contributed by atoms with E-state index >= 15 is 0 Å². The highest BCUT2D eigenvalue weighted by Crippen LogP contribution is 2.09. The van der Waals surface area contributed by atoms with Gasteiger partial charge in [0.25, 0.3) is 0 Å². The maximum atomic E-state index is 9.30. The fraction of sp³-hybridized carbons (Fsp3) is 0.200. The fourth-order valence-electron chi connectivity index (χ4n) is 1.68. The number of hydrogen-bond donors (Lipinski definition) is 2. The molecule has 0 aliphatic rings. The largest absolute Gasteiger partial charge is 0.394 e. The van der Waals surface area contributed by atoms with Crippen LogP contribution in [0.15, 0.2) is 60.7 Å². The lowest BCUT2D eigenvalue weighted by molar-refractivity contribution is 0.0476. The molecule has 2 N–H and O–H groups in total. The molecule has 0 heterocycles. The van der Waals surface area contributed by atoms with Crippen LogP contribution >= 0.6 is 0 Å². The van der Waals surface area contributed by atoms with Gasteiger partial charge in [-0.15, -0.1) is 0 Å². The monoisotopic (exact) mass is 243 g/mol. The summed E-state index contributed by atoms with van der Waals surface area (Å²) in [6.45, 7) is -0.0191. The molecule has 0 saturated carbocycles. The van der Waals surface area contributed by atoms with Gasteiger partial charge in [0.2, 0.25) is 0 Å². The lowest BCUT2D eigenvalue weighted by Gasteiger charge is -2.16. The second-order valence-electron chi connectivity index (χ2n) is 4.08. The van der Waals surface area contributed by atoms with Crippen molar-refractivity contribution in [3.63, 3.8) is 0 Å². The van der Waals surface area contributed by atoms with Crippen molar-refractivity contribution in [1.29, 1.82) is 0 Å². The first-order valence-electron chi connectivity index (χ1n) is 6.00. The number of para-hydroxylation sites is 1. The van der Waals surface area contributed by atoms with E-state index in [1.807, 2.05) is 60.7 Å². The number of aliphatic hydroxyl groups excluding tert-OH is 1. The summed E-state index contributed by atoms with van der Waals surface area (Å²) in [5.74, 6) is 0. The number of anilines is 1. The summed E-state index contributed by atoms with van der Waals surface area (Å²) in [4.78, 5) is 5.48. The molecule has 3 nitrogen and oxygen atoms in total. The predicted molar refractivity (Wildman–Crippen MR) is 72.2 cm³/mol. The molecule has 0 spiro atoms. The van der Waals surface area contributed by atoms with E-state index < -0.39 is 0 Å². The third kappa shape index (κ3) is 3.87. The summed E-state index contributed by atoms with van der Waals surface area (Å²) in [6, 6.07) is 19.6. The van der Waals surface area contributed by atoms with Crippen LogP contribution in [0.1, 0.15) is 5.56 Å². The van der Waals surface area contributed by atoms with Crippen LogP contribution in [-0.4, -0.2) is 17.8 Å². The van der Waals surface area contributed by atoms with Gasteiger partial charge >= 0.3 is 0 Å². The summed E-state index contributed by atoms with van der Waals surface area (Å²) in [6.07, 6.45) is 0.421. The van der Waals surface area contributed by atoms with Crippen molar-refractivity contribution >= 4 is 5.69 Å². The van der Waals surface area contributed by atoms with Gasteiger partial charge in [0, 0.05) is 6.42 Å². The standard InChI is InChI=1S/C15H17NO2/c17-12-15(11-13-7-3-1-4-8-13)18-16-14-9-5-2-6-10-14/h1-10,15-17H,11-12H2. The molecule has 0 saturated heterocycles. The molecule has 3 heteroatoms. The molecule has 1 unspecified atom stereocenters. The molecule has 2 aromatic rings. The van der Waals surface area contributed by atoms with E-state index in [4.69, 9.17) is 4.84 Å². The molecule has 0 radical (unpaired) electrons. The summed E-state index contributed by atoms with van der Waals surface area (Å²) < 4.78 is 0. The van der Waals surface area contributed by atoms with Crippen LogP contribution in [0.5, 0.6) is 0 Å². The van der Waals surface area contributed by atoms with Crippen molar-refractivity contribution in [3.8, 4) is 0 Å². The topological polar surface area (TPSA) is 41.5 Å². The molecule has 1 atom stereocenters. The average Bonchev–Trinajstić information content (AvgIpc) is 2.45. The molecule has 0 amide bonds. The Labute approximate surface area is 107 Å². The predicted octanol–water partition coefficient (Wildman–Crippen LogP) is 2.63. The molecular formula is C15H17NO2. The molecule has 94 valence electrons. The quantitative estimate of drug-likeness (QED) is 0.766. The lowest BCUT2D eigenvalue weighted by Crippen LogP contribution is -2.23. The van der Waals surface area contributed by atoms with Gasteiger partial charge in [-0.05, 0) is 17.7 Å². The van der Waals surface area contributed by atoms with Crippen LogP contribution in [0.3, 0.4) is 0 Å².